The van der Waals surface area contributed by atoms with E-state index in [-0.39, 0.29) is 5.75 Å². The lowest BCUT2D eigenvalue weighted by atomic mass is 10.5. The Bertz CT molecular complexity index is 390. The Morgan fingerprint density at radius 3 is 2.07 bits per heavy atom. The van der Waals surface area contributed by atoms with E-state index in [1.165, 1.54) is 20.3 Å². The van der Waals surface area contributed by atoms with Gasteiger partial charge in [0.25, 0.3) is 0 Å². The lowest BCUT2D eigenvalue weighted by molar-refractivity contribution is 0.416. The fourth-order valence-corrected chi connectivity index (χ4v) is 0.753. The molecule has 1 aromatic heterocycles. The first-order chi connectivity index (χ1) is 6.73. The van der Waals surface area contributed by atoms with E-state index in [0.717, 1.165) is 4.47 Å². The minimum Gasteiger partial charge on any atom is -0.506 e. The minimum atomic E-state index is -3.91. The van der Waals surface area contributed by atoms with E-state index in [4.69, 9.17) is 9.66 Å². The molecule has 8 heteroatoms. The molecule has 15 heavy (non-hydrogen) atoms. The molecule has 1 rings (SSSR count). The van der Waals surface area contributed by atoms with Crippen LogP contribution in [-0.4, -0.2) is 41.5 Å². The van der Waals surface area contributed by atoms with Crippen molar-refractivity contribution in [2.45, 2.75) is 0 Å². The smallest absolute Gasteiger partial charge is 0.335 e. The van der Waals surface area contributed by atoms with E-state index >= 15 is 0 Å². The third-order valence-electron chi connectivity index (χ3n) is 1.15. The van der Waals surface area contributed by atoms with Crippen LogP contribution in [0.3, 0.4) is 0 Å². The van der Waals surface area contributed by atoms with E-state index < -0.39 is 10.3 Å². The summed E-state index contributed by atoms with van der Waals surface area (Å²) in [4.78, 5) is 3.69. The second-order valence-corrected chi connectivity index (χ2v) is 5.16. The third-order valence-corrected chi connectivity index (χ3v) is 2.51. The molecule has 0 saturated carbocycles. The van der Waals surface area contributed by atoms with Crippen LogP contribution in [0.4, 0.5) is 0 Å². The average Bonchev–Trinajstić information content (AvgIpc) is 2.02. The Morgan fingerprint density at radius 2 is 1.87 bits per heavy atom. The quantitative estimate of drug-likeness (QED) is 0.752. The van der Waals surface area contributed by atoms with Crippen LogP contribution < -0.4 is 0 Å². The minimum absolute atomic E-state index is 0.180. The zero-order valence-corrected chi connectivity index (χ0v) is 10.5. The highest BCUT2D eigenvalue weighted by Crippen LogP contribution is 2.12. The monoisotopic (exact) mass is 298 g/mol. The van der Waals surface area contributed by atoms with Gasteiger partial charge in [-0.05, 0) is 22.0 Å². The lowest BCUT2D eigenvalue weighted by Crippen LogP contribution is -2.20. The van der Waals surface area contributed by atoms with Gasteiger partial charge in [-0.3, -0.25) is 9.54 Å². The van der Waals surface area contributed by atoms with Crippen LogP contribution in [-0.2, 0) is 10.3 Å². The summed E-state index contributed by atoms with van der Waals surface area (Å²) in [6.45, 7) is 0. The van der Waals surface area contributed by atoms with Gasteiger partial charge in [0.05, 0.1) is 6.20 Å². The van der Waals surface area contributed by atoms with Gasteiger partial charge in [0, 0.05) is 24.8 Å². The van der Waals surface area contributed by atoms with Crippen LogP contribution in [0.15, 0.2) is 22.9 Å². The number of rotatable bonds is 1. The molecule has 1 aromatic rings. The van der Waals surface area contributed by atoms with Crippen molar-refractivity contribution in [1.29, 1.82) is 0 Å². The van der Waals surface area contributed by atoms with Gasteiger partial charge < -0.3 is 5.11 Å². The van der Waals surface area contributed by atoms with Crippen molar-refractivity contribution in [3.63, 3.8) is 0 Å². The zero-order chi connectivity index (χ0) is 12.1. The second kappa shape index (κ2) is 6.01. The summed E-state index contributed by atoms with van der Waals surface area (Å²) in [7, 11) is -1.42. The van der Waals surface area contributed by atoms with Crippen LogP contribution in [0.2, 0.25) is 0 Å². The van der Waals surface area contributed by atoms with Gasteiger partial charge in [-0.25, -0.2) is 0 Å². The Morgan fingerprint density at radius 1 is 1.40 bits per heavy atom. The van der Waals surface area contributed by atoms with Gasteiger partial charge in [0.15, 0.2) is 0 Å². The lowest BCUT2D eigenvalue weighted by Gasteiger charge is -2.00. The van der Waals surface area contributed by atoms with Crippen LogP contribution >= 0.6 is 15.9 Å². The van der Waals surface area contributed by atoms with Crippen LogP contribution in [0.25, 0.3) is 0 Å². The average molecular weight is 299 g/mol. The number of halogens is 1. The molecule has 0 aliphatic heterocycles. The molecule has 1 heterocycles. The third kappa shape index (κ3) is 7.25. The van der Waals surface area contributed by atoms with Gasteiger partial charge in [-0.2, -0.15) is 12.7 Å². The molecule has 0 fully saturated rings. The molecular weight excluding hydrogens is 288 g/mol. The first-order valence-corrected chi connectivity index (χ1v) is 5.87. The van der Waals surface area contributed by atoms with E-state index in [9.17, 15) is 8.42 Å². The maximum atomic E-state index is 9.81. The molecule has 0 aliphatic carbocycles. The predicted octanol–water partition coefficient (Wildman–Crippen LogP) is 0.901. The van der Waals surface area contributed by atoms with Gasteiger partial charge in [0.1, 0.15) is 5.75 Å². The number of nitrogens with zero attached hydrogens (tertiary/aromatic N) is 2. The second-order valence-electron chi connectivity index (χ2n) is 2.62. The molecule has 0 spiro atoms. The molecule has 0 aromatic carbocycles. The molecular formula is C7H11BrN2O4S. The molecule has 0 atom stereocenters. The van der Waals surface area contributed by atoms with Crippen molar-refractivity contribution < 1.29 is 18.1 Å². The summed E-state index contributed by atoms with van der Waals surface area (Å²) < 4.78 is 29.1. The van der Waals surface area contributed by atoms with Crippen molar-refractivity contribution in [2.75, 3.05) is 14.1 Å². The van der Waals surface area contributed by atoms with Crippen molar-refractivity contribution in [2.24, 2.45) is 0 Å². The van der Waals surface area contributed by atoms with Crippen LogP contribution in [0.1, 0.15) is 0 Å². The number of aromatic hydroxyl groups is 1. The fourth-order valence-electron chi connectivity index (χ4n) is 0.401. The fraction of sp³-hybridized carbons (Fsp3) is 0.286. The number of aromatic nitrogens is 1. The highest BCUT2D eigenvalue weighted by Gasteiger charge is 2.04. The number of pyridine rings is 1. The predicted molar refractivity (Wildman–Crippen MR) is 58.8 cm³/mol. The van der Waals surface area contributed by atoms with Gasteiger partial charge >= 0.3 is 10.3 Å². The molecule has 0 saturated heterocycles. The summed E-state index contributed by atoms with van der Waals surface area (Å²) in [6, 6.07) is 1.58. The SMILES string of the molecule is CN(C)S(=O)(=O)O.Oc1cncc(Br)c1. The van der Waals surface area contributed by atoms with Crippen molar-refractivity contribution in [3.8, 4) is 5.75 Å². The first kappa shape index (κ1) is 14.3. The van der Waals surface area contributed by atoms with E-state index in [0.29, 0.717) is 4.31 Å². The van der Waals surface area contributed by atoms with Gasteiger partial charge in [-0.15, -0.1) is 0 Å². The molecule has 0 bridgehead atoms. The Labute approximate surface area is 96.6 Å². The molecule has 0 unspecified atom stereocenters. The number of hydrogen-bond donors (Lipinski definition) is 2. The number of hydrogen-bond acceptors (Lipinski definition) is 4. The summed E-state index contributed by atoms with van der Waals surface area (Å²) in [5.74, 6) is 0.180. The molecule has 2 N–H and O–H groups in total. The summed E-state index contributed by atoms with van der Waals surface area (Å²) in [5.41, 5.74) is 0. The highest BCUT2D eigenvalue weighted by molar-refractivity contribution is 9.10. The van der Waals surface area contributed by atoms with E-state index in [1.54, 1.807) is 12.3 Å². The molecule has 6 nitrogen and oxygen atoms in total. The normalized spacial score (nSPS) is 10.7. The van der Waals surface area contributed by atoms with Crippen LogP contribution in [0.5, 0.6) is 5.75 Å². The van der Waals surface area contributed by atoms with Gasteiger partial charge in [0.2, 0.25) is 0 Å². The first-order valence-electron chi connectivity index (χ1n) is 3.68. The Hall–Kier alpha value is -0.700. The summed E-state index contributed by atoms with van der Waals surface area (Å²) >= 11 is 3.14. The van der Waals surface area contributed by atoms with E-state index in [1.807, 2.05) is 0 Å². The maximum absolute atomic E-state index is 9.81. The molecule has 0 radical (unpaired) electrons. The highest BCUT2D eigenvalue weighted by atomic mass is 79.9. The van der Waals surface area contributed by atoms with Gasteiger partial charge in [-0.1, -0.05) is 0 Å². The van der Waals surface area contributed by atoms with Crippen molar-refractivity contribution in [1.82, 2.24) is 9.29 Å². The summed E-state index contributed by atoms with van der Waals surface area (Å²) in [5, 5.41) is 8.72. The Balaban J connectivity index is 0.000000265. The zero-order valence-electron chi connectivity index (χ0n) is 8.12. The van der Waals surface area contributed by atoms with Crippen molar-refractivity contribution in [3.05, 3.63) is 22.9 Å². The largest absolute Gasteiger partial charge is 0.506 e. The molecule has 0 aliphatic rings. The molecule has 86 valence electrons. The molecule has 0 amide bonds. The Kier molecular flexibility index (Phi) is 5.73. The van der Waals surface area contributed by atoms with Crippen molar-refractivity contribution >= 4 is 26.2 Å². The van der Waals surface area contributed by atoms with Crippen LogP contribution in [0, 0.1) is 0 Å². The summed E-state index contributed by atoms with van der Waals surface area (Å²) in [6.07, 6.45) is 2.99. The standard InChI is InChI=1S/C5H4BrNO.C2H7NO3S/c6-4-1-5(8)3-7-2-4;1-3(2)7(4,5)6/h1-3,8H;1-2H3,(H,4,5,6). The van der Waals surface area contributed by atoms with E-state index in [2.05, 4.69) is 20.9 Å². The topological polar surface area (TPSA) is 90.7 Å². The maximum Gasteiger partial charge on any atom is 0.335 e.